The van der Waals surface area contributed by atoms with Crippen molar-refractivity contribution < 1.29 is 13.9 Å². The van der Waals surface area contributed by atoms with Crippen LogP contribution < -0.4 is 0 Å². The van der Waals surface area contributed by atoms with Gasteiger partial charge in [-0.15, -0.1) is 11.6 Å². The first-order valence-corrected chi connectivity index (χ1v) is 5.23. The van der Waals surface area contributed by atoms with Crippen LogP contribution in [-0.2, 0) is 9.53 Å². The number of halogens is 2. The number of alkyl halides is 2. The molecule has 0 saturated heterocycles. The minimum absolute atomic E-state index is 0.133. The van der Waals surface area contributed by atoms with Gasteiger partial charge in [0.1, 0.15) is 12.8 Å². The van der Waals surface area contributed by atoms with Gasteiger partial charge in [0.2, 0.25) is 0 Å². The maximum absolute atomic E-state index is 13.2. The number of ether oxygens (including phenoxy) is 1. The van der Waals surface area contributed by atoms with Gasteiger partial charge in [-0.3, -0.25) is 4.79 Å². The highest BCUT2D eigenvalue weighted by atomic mass is 35.5. The van der Waals surface area contributed by atoms with Crippen molar-refractivity contribution >= 4 is 17.6 Å². The van der Waals surface area contributed by atoms with Crippen molar-refractivity contribution in [3.05, 3.63) is 24.8 Å². The zero-order valence-electron chi connectivity index (χ0n) is 8.42. The first-order chi connectivity index (χ1) is 7.06. The Kier molecular flexibility index (Phi) is 4.33. The first kappa shape index (κ1) is 12.2. The van der Waals surface area contributed by atoms with Gasteiger partial charge in [-0.05, 0) is 18.4 Å². The lowest BCUT2D eigenvalue weighted by molar-refractivity contribution is -0.147. The normalized spacial score (nSPS) is 31.1. The SMILES string of the molecule is C=CCOC(=O)C1CC(=C)C(F)CC1Cl. The number of esters is 1. The van der Waals surface area contributed by atoms with Gasteiger partial charge in [-0.1, -0.05) is 19.2 Å². The Morgan fingerprint density at radius 3 is 3.00 bits per heavy atom. The van der Waals surface area contributed by atoms with Crippen molar-refractivity contribution in [3.8, 4) is 0 Å². The Morgan fingerprint density at radius 2 is 2.40 bits per heavy atom. The molecule has 3 atom stereocenters. The van der Waals surface area contributed by atoms with Crippen molar-refractivity contribution in [1.82, 2.24) is 0 Å². The average Bonchev–Trinajstić information content (AvgIpc) is 2.20. The second-order valence-electron chi connectivity index (χ2n) is 3.61. The largest absolute Gasteiger partial charge is 0.461 e. The molecule has 0 aromatic carbocycles. The van der Waals surface area contributed by atoms with Gasteiger partial charge in [-0.25, -0.2) is 4.39 Å². The van der Waals surface area contributed by atoms with Crippen LogP contribution in [0.15, 0.2) is 24.8 Å². The van der Waals surface area contributed by atoms with Gasteiger partial charge in [0.25, 0.3) is 0 Å². The molecule has 84 valence electrons. The fraction of sp³-hybridized carbons (Fsp3) is 0.545. The Hall–Kier alpha value is -0.830. The molecule has 15 heavy (non-hydrogen) atoms. The minimum Gasteiger partial charge on any atom is -0.461 e. The molecule has 0 N–H and O–H groups in total. The molecular weight excluding hydrogens is 219 g/mol. The van der Waals surface area contributed by atoms with Crippen molar-refractivity contribution in [1.29, 1.82) is 0 Å². The van der Waals surface area contributed by atoms with Crippen LogP contribution in [0.2, 0.25) is 0 Å². The summed E-state index contributed by atoms with van der Waals surface area (Å²) in [5.41, 5.74) is 0.424. The molecule has 0 spiro atoms. The Morgan fingerprint density at radius 1 is 1.73 bits per heavy atom. The standard InChI is InChI=1S/C11H14ClFO2/c1-3-4-15-11(14)8-5-7(2)10(13)6-9(8)12/h3,8-10H,1-2,4-6H2. The summed E-state index contributed by atoms with van der Waals surface area (Å²) in [6.45, 7) is 7.17. The summed E-state index contributed by atoms with van der Waals surface area (Å²) >= 11 is 5.91. The number of rotatable bonds is 3. The number of hydrogen-bond acceptors (Lipinski definition) is 2. The lowest BCUT2D eigenvalue weighted by Crippen LogP contribution is -2.34. The van der Waals surface area contributed by atoms with E-state index in [4.69, 9.17) is 16.3 Å². The van der Waals surface area contributed by atoms with E-state index < -0.39 is 23.4 Å². The summed E-state index contributed by atoms with van der Waals surface area (Å²) in [7, 11) is 0. The van der Waals surface area contributed by atoms with E-state index in [1.54, 1.807) is 0 Å². The van der Waals surface area contributed by atoms with E-state index in [1.807, 2.05) is 0 Å². The molecular formula is C11H14ClFO2. The molecule has 3 unspecified atom stereocenters. The second kappa shape index (κ2) is 5.31. The first-order valence-electron chi connectivity index (χ1n) is 4.79. The molecule has 0 radical (unpaired) electrons. The van der Waals surface area contributed by atoms with E-state index in [0.29, 0.717) is 5.57 Å². The van der Waals surface area contributed by atoms with Crippen molar-refractivity contribution in [3.63, 3.8) is 0 Å². The average molecular weight is 233 g/mol. The highest BCUT2D eigenvalue weighted by Crippen LogP contribution is 2.34. The molecule has 0 aromatic rings. The maximum atomic E-state index is 13.2. The monoisotopic (exact) mass is 232 g/mol. The molecule has 1 saturated carbocycles. The molecule has 1 rings (SSSR count). The van der Waals surface area contributed by atoms with Gasteiger partial charge in [0.15, 0.2) is 0 Å². The van der Waals surface area contributed by atoms with Crippen LogP contribution in [0, 0.1) is 5.92 Å². The summed E-state index contributed by atoms with van der Waals surface area (Å²) < 4.78 is 18.0. The molecule has 0 aromatic heterocycles. The van der Waals surface area contributed by atoms with E-state index in [-0.39, 0.29) is 19.4 Å². The summed E-state index contributed by atoms with van der Waals surface area (Å²) in [5.74, 6) is -0.880. The van der Waals surface area contributed by atoms with E-state index in [2.05, 4.69) is 13.2 Å². The molecule has 1 aliphatic rings. The van der Waals surface area contributed by atoms with E-state index in [1.165, 1.54) is 6.08 Å². The molecule has 1 fully saturated rings. The minimum atomic E-state index is -1.10. The predicted molar refractivity (Wildman–Crippen MR) is 57.6 cm³/mol. The summed E-state index contributed by atoms with van der Waals surface area (Å²) in [6.07, 6.45) is 0.784. The fourth-order valence-electron chi connectivity index (χ4n) is 1.55. The van der Waals surface area contributed by atoms with Crippen molar-refractivity contribution in [2.75, 3.05) is 6.61 Å². The van der Waals surface area contributed by atoms with Gasteiger partial charge >= 0.3 is 5.97 Å². The molecule has 0 aliphatic heterocycles. The van der Waals surface area contributed by atoms with Gasteiger partial charge in [0.05, 0.1) is 11.3 Å². The summed E-state index contributed by atoms with van der Waals surface area (Å²) in [4.78, 5) is 11.5. The van der Waals surface area contributed by atoms with Crippen molar-refractivity contribution in [2.45, 2.75) is 24.4 Å². The van der Waals surface area contributed by atoms with E-state index >= 15 is 0 Å². The zero-order valence-corrected chi connectivity index (χ0v) is 9.17. The van der Waals surface area contributed by atoms with Crippen LogP contribution in [0.3, 0.4) is 0 Å². The number of carbonyl (C=O) groups is 1. The third kappa shape index (κ3) is 3.06. The Balaban J connectivity index is 2.57. The molecule has 0 bridgehead atoms. The highest BCUT2D eigenvalue weighted by molar-refractivity contribution is 6.22. The van der Waals surface area contributed by atoms with E-state index in [9.17, 15) is 9.18 Å². The molecule has 4 heteroatoms. The fourth-order valence-corrected chi connectivity index (χ4v) is 1.89. The summed E-state index contributed by atoms with van der Waals surface area (Å²) in [5, 5.41) is -0.511. The smallest absolute Gasteiger partial charge is 0.311 e. The highest BCUT2D eigenvalue weighted by Gasteiger charge is 2.36. The van der Waals surface area contributed by atoms with Crippen LogP contribution in [-0.4, -0.2) is 24.1 Å². The molecule has 1 aliphatic carbocycles. The van der Waals surface area contributed by atoms with Crippen LogP contribution in [0.5, 0.6) is 0 Å². The number of hydrogen-bond donors (Lipinski definition) is 0. The quantitative estimate of drug-likeness (QED) is 0.425. The van der Waals surface area contributed by atoms with Gasteiger partial charge in [-0.2, -0.15) is 0 Å². The zero-order chi connectivity index (χ0) is 11.4. The Labute approximate surface area is 93.7 Å². The third-order valence-corrected chi connectivity index (χ3v) is 2.92. The van der Waals surface area contributed by atoms with Gasteiger partial charge < -0.3 is 4.74 Å². The predicted octanol–water partition coefficient (Wildman–Crippen LogP) is 2.63. The van der Waals surface area contributed by atoms with E-state index in [0.717, 1.165) is 0 Å². The van der Waals surface area contributed by atoms with Crippen LogP contribution in [0.25, 0.3) is 0 Å². The third-order valence-electron chi connectivity index (χ3n) is 2.44. The topological polar surface area (TPSA) is 26.3 Å². The van der Waals surface area contributed by atoms with Crippen LogP contribution in [0.1, 0.15) is 12.8 Å². The number of carbonyl (C=O) groups excluding carboxylic acids is 1. The van der Waals surface area contributed by atoms with Crippen molar-refractivity contribution in [2.24, 2.45) is 5.92 Å². The molecule has 0 heterocycles. The maximum Gasteiger partial charge on any atom is 0.311 e. The molecule has 0 amide bonds. The summed E-state index contributed by atoms with van der Waals surface area (Å²) in [6, 6.07) is 0. The second-order valence-corrected chi connectivity index (χ2v) is 4.17. The lowest BCUT2D eigenvalue weighted by atomic mass is 9.84. The van der Waals surface area contributed by atoms with Crippen LogP contribution >= 0.6 is 11.6 Å². The lowest BCUT2D eigenvalue weighted by Gasteiger charge is -2.29. The van der Waals surface area contributed by atoms with Crippen LogP contribution in [0.4, 0.5) is 4.39 Å². The molecule has 2 nitrogen and oxygen atoms in total. The van der Waals surface area contributed by atoms with Gasteiger partial charge in [0, 0.05) is 0 Å². The number of allylic oxidation sites excluding steroid dienone is 1. The Bertz CT molecular complexity index is 278.